The lowest BCUT2D eigenvalue weighted by atomic mass is 10.2. The van der Waals surface area contributed by atoms with E-state index in [-0.39, 0.29) is 5.91 Å². The number of carbonyl (C=O) groups excluding carboxylic acids is 1. The lowest BCUT2D eigenvalue weighted by molar-refractivity contribution is -0.111. The number of pyridine rings is 1. The van der Waals surface area contributed by atoms with Crippen LogP contribution in [0.15, 0.2) is 61.2 Å². The zero-order chi connectivity index (χ0) is 15.2. The maximum Gasteiger partial charge on any atom is 0.248 e. The van der Waals surface area contributed by atoms with Crippen LogP contribution in [0, 0.1) is 0 Å². The molecule has 108 valence electrons. The first-order chi connectivity index (χ1) is 10.8. The summed E-state index contributed by atoms with van der Waals surface area (Å²) >= 11 is 0. The van der Waals surface area contributed by atoms with Crippen LogP contribution in [0.3, 0.4) is 0 Å². The van der Waals surface area contributed by atoms with Crippen molar-refractivity contribution in [3.63, 3.8) is 0 Å². The Kier molecular flexibility index (Phi) is 3.96. The maximum atomic E-state index is 11.8. The smallest absolute Gasteiger partial charge is 0.248 e. The molecule has 0 fully saturated rings. The number of benzene rings is 1. The molecule has 0 aliphatic rings. The minimum Gasteiger partial charge on any atom is -0.323 e. The maximum absolute atomic E-state index is 11.8. The molecule has 22 heavy (non-hydrogen) atoms. The van der Waals surface area contributed by atoms with Crippen molar-refractivity contribution < 1.29 is 4.79 Å². The van der Waals surface area contributed by atoms with Crippen LogP contribution in [0.25, 0.3) is 11.8 Å². The van der Waals surface area contributed by atoms with Crippen molar-refractivity contribution >= 4 is 17.7 Å². The van der Waals surface area contributed by atoms with Crippen LogP contribution >= 0.6 is 0 Å². The number of nitrogens with one attached hydrogen (secondary N) is 1. The summed E-state index contributed by atoms with van der Waals surface area (Å²) in [6, 6.07) is 10.9. The first kappa shape index (κ1) is 13.6. The van der Waals surface area contributed by atoms with Crippen molar-refractivity contribution in [3.05, 3.63) is 66.8 Å². The van der Waals surface area contributed by atoms with Gasteiger partial charge >= 0.3 is 0 Å². The van der Waals surface area contributed by atoms with Gasteiger partial charge in [0.25, 0.3) is 0 Å². The summed E-state index contributed by atoms with van der Waals surface area (Å²) in [6.45, 7) is 0. The van der Waals surface area contributed by atoms with Crippen LogP contribution in [0.2, 0.25) is 0 Å². The van der Waals surface area contributed by atoms with Crippen molar-refractivity contribution in [2.24, 2.45) is 0 Å². The molecule has 0 saturated heterocycles. The standard InChI is InChI=1S/C15H12N6O/c22-15(8-3-12-2-1-9-16-10-12)18-13-4-6-14(7-5-13)21-11-17-19-20-21/h1-11H,(H,18,22)/b8-3+. The zero-order valence-electron chi connectivity index (χ0n) is 11.5. The summed E-state index contributed by atoms with van der Waals surface area (Å²) in [5, 5.41) is 13.7. The third kappa shape index (κ3) is 3.40. The van der Waals surface area contributed by atoms with E-state index < -0.39 is 0 Å². The van der Waals surface area contributed by atoms with Crippen molar-refractivity contribution in [3.8, 4) is 5.69 Å². The Morgan fingerprint density at radius 2 is 2.05 bits per heavy atom. The molecular formula is C15H12N6O. The van der Waals surface area contributed by atoms with Gasteiger partial charge in [-0.25, -0.2) is 4.68 Å². The fourth-order valence-corrected chi connectivity index (χ4v) is 1.81. The second-order valence-electron chi connectivity index (χ2n) is 4.41. The number of hydrogen-bond acceptors (Lipinski definition) is 5. The zero-order valence-corrected chi connectivity index (χ0v) is 11.5. The fourth-order valence-electron chi connectivity index (χ4n) is 1.81. The van der Waals surface area contributed by atoms with Crippen LogP contribution in [-0.4, -0.2) is 31.1 Å². The molecule has 0 radical (unpaired) electrons. The third-order valence-corrected chi connectivity index (χ3v) is 2.86. The van der Waals surface area contributed by atoms with E-state index in [1.165, 1.54) is 17.1 Å². The van der Waals surface area contributed by atoms with Gasteiger partial charge in [-0.2, -0.15) is 0 Å². The number of aromatic nitrogens is 5. The molecule has 3 aromatic rings. The molecule has 7 nitrogen and oxygen atoms in total. The van der Waals surface area contributed by atoms with Crippen molar-refractivity contribution in [2.75, 3.05) is 5.32 Å². The molecule has 1 aromatic carbocycles. The van der Waals surface area contributed by atoms with Crippen molar-refractivity contribution in [2.45, 2.75) is 0 Å². The van der Waals surface area contributed by atoms with Crippen LogP contribution < -0.4 is 5.32 Å². The van der Waals surface area contributed by atoms with Gasteiger partial charge in [0.15, 0.2) is 0 Å². The van der Waals surface area contributed by atoms with E-state index in [0.29, 0.717) is 5.69 Å². The number of carbonyl (C=O) groups is 1. The van der Waals surface area contributed by atoms with E-state index in [0.717, 1.165) is 11.3 Å². The summed E-state index contributed by atoms with van der Waals surface area (Å²) in [5.74, 6) is -0.209. The molecule has 0 spiro atoms. The minimum atomic E-state index is -0.209. The van der Waals surface area contributed by atoms with Gasteiger partial charge in [0.2, 0.25) is 5.91 Å². The van der Waals surface area contributed by atoms with Gasteiger partial charge in [-0.1, -0.05) is 6.07 Å². The SMILES string of the molecule is O=C(/C=C/c1cccnc1)Nc1ccc(-n2cnnn2)cc1. The van der Waals surface area contributed by atoms with E-state index in [4.69, 9.17) is 0 Å². The molecule has 0 unspecified atom stereocenters. The molecule has 7 heteroatoms. The number of amides is 1. The molecule has 0 saturated carbocycles. The molecule has 0 aliphatic carbocycles. The third-order valence-electron chi connectivity index (χ3n) is 2.86. The van der Waals surface area contributed by atoms with Crippen LogP contribution in [0.4, 0.5) is 5.69 Å². The lowest BCUT2D eigenvalue weighted by Gasteiger charge is -2.03. The van der Waals surface area contributed by atoms with Crippen LogP contribution in [0.5, 0.6) is 0 Å². The topological polar surface area (TPSA) is 85.6 Å². The highest BCUT2D eigenvalue weighted by atomic mass is 16.1. The van der Waals surface area contributed by atoms with Gasteiger partial charge in [0.1, 0.15) is 6.33 Å². The summed E-state index contributed by atoms with van der Waals surface area (Å²) in [4.78, 5) is 15.8. The highest BCUT2D eigenvalue weighted by molar-refractivity contribution is 6.01. The van der Waals surface area contributed by atoms with Crippen LogP contribution in [0.1, 0.15) is 5.56 Å². The van der Waals surface area contributed by atoms with Crippen molar-refractivity contribution in [1.29, 1.82) is 0 Å². The molecule has 1 amide bonds. The molecule has 0 bridgehead atoms. The van der Waals surface area contributed by atoms with Gasteiger partial charge in [-0.3, -0.25) is 9.78 Å². The summed E-state index contributed by atoms with van der Waals surface area (Å²) in [6.07, 6.45) is 8.04. The Morgan fingerprint density at radius 1 is 1.18 bits per heavy atom. The van der Waals surface area contributed by atoms with Gasteiger partial charge in [-0.15, -0.1) is 5.10 Å². The monoisotopic (exact) mass is 292 g/mol. The average Bonchev–Trinajstić information content (AvgIpc) is 3.09. The summed E-state index contributed by atoms with van der Waals surface area (Å²) in [7, 11) is 0. The van der Waals surface area contributed by atoms with E-state index in [9.17, 15) is 4.79 Å². The molecule has 1 N–H and O–H groups in total. The number of nitrogens with zero attached hydrogens (tertiary/aromatic N) is 5. The van der Waals surface area contributed by atoms with E-state index in [1.807, 2.05) is 24.3 Å². The lowest BCUT2D eigenvalue weighted by Crippen LogP contribution is -2.07. The summed E-state index contributed by atoms with van der Waals surface area (Å²) < 4.78 is 1.54. The molecule has 2 heterocycles. The first-order valence-corrected chi connectivity index (χ1v) is 6.54. The normalized spacial score (nSPS) is 10.7. The van der Waals surface area contributed by atoms with Crippen molar-refractivity contribution in [1.82, 2.24) is 25.2 Å². The largest absolute Gasteiger partial charge is 0.323 e. The Hall–Kier alpha value is -3.35. The molecule has 0 atom stereocenters. The highest BCUT2D eigenvalue weighted by Gasteiger charge is 2.00. The predicted octanol–water partition coefficient (Wildman–Crippen LogP) is 1.71. The Bertz CT molecular complexity index is 766. The quantitative estimate of drug-likeness (QED) is 0.740. The highest BCUT2D eigenvalue weighted by Crippen LogP contribution is 2.12. The molecule has 0 aliphatic heterocycles. The Morgan fingerprint density at radius 3 is 2.73 bits per heavy atom. The minimum absolute atomic E-state index is 0.209. The van der Waals surface area contributed by atoms with Gasteiger partial charge in [-0.05, 0) is 52.4 Å². The predicted molar refractivity (Wildman–Crippen MR) is 81.1 cm³/mol. The molecular weight excluding hydrogens is 280 g/mol. The second-order valence-corrected chi connectivity index (χ2v) is 4.41. The Balaban J connectivity index is 1.63. The molecule has 2 aromatic heterocycles. The van der Waals surface area contributed by atoms with E-state index in [1.54, 1.807) is 30.6 Å². The first-order valence-electron chi connectivity index (χ1n) is 6.54. The Labute approximate surface area is 126 Å². The number of rotatable bonds is 4. The average molecular weight is 292 g/mol. The number of anilines is 1. The van der Waals surface area contributed by atoms with Crippen LogP contribution in [-0.2, 0) is 4.79 Å². The van der Waals surface area contributed by atoms with Gasteiger partial charge in [0, 0.05) is 24.2 Å². The fraction of sp³-hybridized carbons (Fsp3) is 0. The van der Waals surface area contributed by atoms with E-state index >= 15 is 0 Å². The van der Waals surface area contributed by atoms with Gasteiger partial charge < -0.3 is 5.32 Å². The number of hydrogen-bond donors (Lipinski definition) is 1. The van der Waals surface area contributed by atoms with E-state index in [2.05, 4.69) is 25.8 Å². The number of tetrazole rings is 1. The van der Waals surface area contributed by atoms with Gasteiger partial charge in [0.05, 0.1) is 5.69 Å². The summed E-state index contributed by atoms with van der Waals surface area (Å²) in [5.41, 5.74) is 2.37. The molecule has 3 rings (SSSR count). The second kappa shape index (κ2) is 6.40.